The third kappa shape index (κ3) is 3.39. The number of hydrogen-bond donors (Lipinski definition) is 2. The Kier molecular flexibility index (Phi) is 4.31. The third-order valence-corrected chi connectivity index (χ3v) is 5.03. The lowest BCUT2D eigenvalue weighted by molar-refractivity contribution is 0.0918. The van der Waals surface area contributed by atoms with E-state index in [0.717, 1.165) is 36.7 Å². The van der Waals surface area contributed by atoms with E-state index < -0.39 is 0 Å². The van der Waals surface area contributed by atoms with E-state index in [4.69, 9.17) is 4.42 Å². The average Bonchev–Trinajstić information content (AvgIpc) is 3.14. The summed E-state index contributed by atoms with van der Waals surface area (Å²) in [5.41, 5.74) is 0.643. The van der Waals surface area contributed by atoms with Crippen LogP contribution in [0.3, 0.4) is 0 Å². The van der Waals surface area contributed by atoms with Crippen LogP contribution in [0.1, 0.15) is 36.0 Å². The lowest BCUT2D eigenvalue weighted by Crippen LogP contribution is -2.42. The van der Waals surface area contributed by atoms with E-state index in [9.17, 15) is 4.79 Å². The Hall–Kier alpha value is -1.66. The van der Waals surface area contributed by atoms with E-state index in [1.165, 1.54) is 11.3 Å². The molecule has 1 saturated heterocycles. The molecule has 1 amide bonds. The maximum Gasteiger partial charge on any atom is 0.270 e. The van der Waals surface area contributed by atoms with E-state index in [0.29, 0.717) is 18.0 Å². The highest BCUT2D eigenvalue weighted by molar-refractivity contribution is 7.13. The number of nitrogens with one attached hydrogen (secondary N) is 2. The van der Waals surface area contributed by atoms with Gasteiger partial charge in [0.2, 0.25) is 0 Å². The molecule has 2 aromatic rings. The summed E-state index contributed by atoms with van der Waals surface area (Å²) in [7, 11) is 0. The van der Waals surface area contributed by atoms with Gasteiger partial charge < -0.3 is 15.1 Å². The zero-order valence-corrected chi connectivity index (χ0v) is 13.8. The third-order valence-electron chi connectivity index (χ3n) is 4.17. The van der Waals surface area contributed by atoms with Crippen LogP contribution >= 0.6 is 11.3 Å². The molecule has 3 rings (SSSR count). The Morgan fingerprint density at radius 1 is 1.45 bits per heavy atom. The van der Waals surface area contributed by atoms with Crippen LogP contribution in [-0.2, 0) is 0 Å². The first kappa shape index (κ1) is 15.2. The Balaban J connectivity index is 1.62. The summed E-state index contributed by atoms with van der Waals surface area (Å²) in [6.07, 6.45) is 2.17. The molecule has 0 bridgehead atoms. The van der Waals surface area contributed by atoms with Crippen molar-refractivity contribution in [3.05, 3.63) is 29.0 Å². The van der Waals surface area contributed by atoms with Gasteiger partial charge in [0.15, 0.2) is 10.8 Å². The maximum absolute atomic E-state index is 12.3. The number of furan rings is 1. The van der Waals surface area contributed by atoms with E-state index in [2.05, 4.69) is 22.5 Å². The van der Waals surface area contributed by atoms with Gasteiger partial charge in [-0.3, -0.25) is 4.79 Å². The molecule has 3 heterocycles. The Bertz CT molecular complexity index is 656. The molecular weight excluding hydrogens is 298 g/mol. The summed E-state index contributed by atoms with van der Waals surface area (Å²) in [6.45, 7) is 6.85. The van der Waals surface area contributed by atoms with Crippen molar-refractivity contribution in [3.8, 4) is 10.8 Å². The van der Waals surface area contributed by atoms with Gasteiger partial charge in [0.25, 0.3) is 5.91 Å². The first-order valence-electron chi connectivity index (χ1n) is 7.57. The first-order valence-corrected chi connectivity index (χ1v) is 8.45. The predicted octanol–water partition coefficient (Wildman–Crippen LogP) is 2.83. The molecule has 0 radical (unpaired) electrons. The van der Waals surface area contributed by atoms with Gasteiger partial charge >= 0.3 is 0 Å². The van der Waals surface area contributed by atoms with Crippen molar-refractivity contribution in [1.29, 1.82) is 0 Å². The van der Waals surface area contributed by atoms with E-state index >= 15 is 0 Å². The van der Waals surface area contributed by atoms with Gasteiger partial charge in [0.05, 0.1) is 0 Å². The molecule has 1 aliphatic heterocycles. The number of aromatic nitrogens is 1. The van der Waals surface area contributed by atoms with Gasteiger partial charge in [0.1, 0.15) is 11.5 Å². The number of aryl methyl sites for hydroxylation is 1. The molecule has 0 spiro atoms. The van der Waals surface area contributed by atoms with E-state index in [1.807, 2.05) is 19.1 Å². The van der Waals surface area contributed by atoms with Crippen molar-refractivity contribution in [3.63, 3.8) is 0 Å². The fourth-order valence-corrected chi connectivity index (χ4v) is 3.39. The van der Waals surface area contributed by atoms with Crippen LogP contribution in [-0.4, -0.2) is 30.5 Å². The standard InChI is InChI=1S/C16H21N3O2S/c1-11-3-4-13(21-11)15-19-12(9-22-15)14(20)18-10-16(2)5-7-17-8-6-16/h3-4,9,17H,5-8,10H2,1-2H3,(H,18,20). The van der Waals surface area contributed by atoms with Gasteiger partial charge in [-0.2, -0.15) is 0 Å². The number of carbonyl (C=O) groups is 1. The van der Waals surface area contributed by atoms with Gasteiger partial charge in [-0.25, -0.2) is 4.98 Å². The Morgan fingerprint density at radius 2 is 2.23 bits per heavy atom. The number of piperidine rings is 1. The van der Waals surface area contributed by atoms with E-state index in [1.54, 1.807) is 5.38 Å². The zero-order chi connectivity index (χ0) is 15.6. The maximum atomic E-state index is 12.3. The molecule has 0 unspecified atom stereocenters. The zero-order valence-electron chi connectivity index (χ0n) is 12.9. The molecule has 0 aliphatic carbocycles. The normalized spacial score (nSPS) is 17.4. The minimum Gasteiger partial charge on any atom is -0.459 e. The summed E-state index contributed by atoms with van der Waals surface area (Å²) in [5, 5.41) is 8.90. The van der Waals surface area contributed by atoms with Gasteiger partial charge in [-0.15, -0.1) is 11.3 Å². The van der Waals surface area contributed by atoms with Gasteiger partial charge in [-0.1, -0.05) is 6.92 Å². The largest absolute Gasteiger partial charge is 0.459 e. The topological polar surface area (TPSA) is 67.2 Å². The molecule has 1 aliphatic rings. The molecule has 2 N–H and O–H groups in total. The second-order valence-corrected chi connectivity index (χ2v) is 7.05. The molecule has 22 heavy (non-hydrogen) atoms. The summed E-state index contributed by atoms with van der Waals surface area (Å²) in [4.78, 5) is 16.6. The molecule has 0 aromatic carbocycles. The predicted molar refractivity (Wildman–Crippen MR) is 87.1 cm³/mol. The van der Waals surface area contributed by atoms with Crippen LogP contribution in [0.15, 0.2) is 21.9 Å². The summed E-state index contributed by atoms with van der Waals surface area (Å²) >= 11 is 1.43. The highest BCUT2D eigenvalue weighted by atomic mass is 32.1. The van der Waals surface area contributed by atoms with Crippen LogP contribution in [0.25, 0.3) is 10.8 Å². The molecule has 0 saturated carbocycles. The summed E-state index contributed by atoms with van der Waals surface area (Å²) < 4.78 is 5.54. The van der Waals surface area contributed by atoms with E-state index in [-0.39, 0.29) is 11.3 Å². The molecule has 118 valence electrons. The molecule has 2 aromatic heterocycles. The number of amides is 1. The fraction of sp³-hybridized carbons (Fsp3) is 0.500. The molecule has 1 fully saturated rings. The van der Waals surface area contributed by atoms with Crippen LogP contribution in [0.4, 0.5) is 0 Å². The average molecular weight is 319 g/mol. The number of nitrogens with zero attached hydrogens (tertiary/aromatic N) is 1. The lowest BCUT2D eigenvalue weighted by Gasteiger charge is -2.34. The molecular formula is C16H21N3O2S. The van der Waals surface area contributed by atoms with Gasteiger partial charge in [0, 0.05) is 11.9 Å². The van der Waals surface area contributed by atoms with Crippen LogP contribution in [0, 0.1) is 12.3 Å². The van der Waals surface area contributed by atoms with Crippen molar-refractivity contribution in [1.82, 2.24) is 15.6 Å². The monoisotopic (exact) mass is 319 g/mol. The second kappa shape index (κ2) is 6.22. The summed E-state index contributed by atoms with van der Waals surface area (Å²) in [6, 6.07) is 3.78. The van der Waals surface area contributed by atoms with Crippen LogP contribution in [0.5, 0.6) is 0 Å². The Morgan fingerprint density at radius 3 is 2.91 bits per heavy atom. The second-order valence-electron chi connectivity index (χ2n) is 6.19. The van der Waals surface area contributed by atoms with Crippen molar-refractivity contribution >= 4 is 17.2 Å². The SMILES string of the molecule is Cc1ccc(-c2nc(C(=O)NCC3(C)CCNCC3)cs2)o1. The van der Waals surface area contributed by atoms with Crippen molar-refractivity contribution in [2.24, 2.45) is 5.41 Å². The summed E-state index contributed by atoms with van der Waals surface area (Å²) in [5.74, 6) is 1.45. The minimum absolute atomic E-state index is 0.106. The first-order chi connectivity index (χ1) is 10.6. The van der Waals surface area contributed by atoms with Crippen LogP contribution in [0.2, 0.25) is 0 Å². The number of hydrogen-bond acceptors (Lipinski definition) is 5. The number of carbonyl (C=O) groups excluding carboxylic acids is 1. The highest BCUT2D eigenvalue weighted by Gasteiger charge is 2.27. The smallest absolute Gasteiger partial charge is 0.270 e. The fourth-order valence-electron chi connectivity index (χ4n) is 2.63. The molecule has 6 heteroatoms. The Labute approximate surface area is 134 Å². The number of thiazole rings is 1. The minimum atomic E-state index is -0.106. The lowest BCUT2D eigenvalue weighted by atomic mass is 9.81. The van der Waals surface area contributed by atoms with Crippen molar-refractivity contribution in [2.75, 3.05) is 19.6 Å². The van der Waals surface area contributed by atoms with Crippen LogP contribution < -0.4 is 10.6 Å². The quantitative estimate of drug-likeness (QED) is 0.909. The molecule has 5 nitrogen and oxygen atoms in total. The van der Waals surface area contributed by atoms with Crippen molar-refractivity contribution in [2.45, 2.75) is 26.7 Å². The highest BCUT2D eigenvalue weighted by Crippen LogP contribution is 2.28. The number of rotatable bonds is 4. The molecule has 0 atom stereocenters. The van der Waals surface area contributed by atoms with Gasteiger partial charge in [-0.05, 0) is 50.4 Å². The van der Waals surface area contributed by atoms with Crippen molar-refractivity contribution < 1.29 is 9.21 Å².